The lowest BCUT2D eigenvalue weighted by Crippen LogP contribution is -2.28. The highest BCUT2D eigenvalue weighted by atomic mass is 35.5. The molecule has 0 saturated carbocycles. The molecule has 0 aliphatic heterocycles. The number of urea groups is 1. The van der Waals surface area contributed by atoms with Gasteiger partial charge in [0.25, 0.3) is 0 Å². The predicted octanol–water partition coefficient (Wildman–Crippen LogP) is 3.98. The first-order chi connectivity index (χ1) is 11.0. The van der Waals surface area contributed by atoms with Gasteiger partial charge in [-0.25, -0.2) is 4.79 Å². The van der Waals surface area contributed by atoms with E-state index in [1.165, 1.54) is 6.07 Å². The molecule has 0 unspecified atom stereocenters. The fraction of sp³-hybridized carbons (Fsp3) is 0.0588. The summed E-state index contributed by atoms with van der Waals surface area (Å²) in [6.07, 6.45) is 5.05. The highest BCUT2D eigenvalue weighted by Gasteiger charge is 2.14. The zero-order valence-electron chi connectivity index (χ0n) is 11.9. The van der Waals surface area contributed by atoms with Crippen molar-refractivity contribution in [2.24, 2.45) is 0 Å². The largest absolute Gasteiger partial charge is 0.327 e. The van der Waals surface area contributed by atoms with Gasteiger partial charge in [0.05, 0.1) is 11.6 Å². The smallest absolute Gasteiger partial charge is 0.319 e. The molecule has 0 aromatic heterocycles. The molecule has 0 saturated heterocycles. The molecule has 4 nitrogen and oxygen atoms in total. The van der Waals surface area contributed by atoms with Crippen LogP contribution in [-0.2, 0) is 0 Å². The Morgan fingerprint density at radius 1 is 1.09 bits per heavy atom. The first-order valence-corrected chi connectivity index (χ1v) is 7.35. The van der Waals surface area contributed by atoms with Crippen LogP contribution in [0.1, 0.15) is 15.9 Å². The number of ketones is 1. The van der Waals surface area contributed by atoms with Gasteiger partial charge in [-0.15, -0.1) is 6.42 Å². The van der Waals surface area contributed by atoms with Crippen molar-refractivity contribution in [3.05, 3.63) is 63.6 Å². The topological polar surface area (TPSA) is 58.2 Å². The SMILES string of the molecule is C#CCNC(=O)Nc1ccc(C(=O)c2ccc(Cl)cc2)c(Cl)c1. The standard InChI is InChI=1S/C17H12Cl2N2O2/c1-2-9-20-17(23)21-13-7-8-14(15(19)10-13)16(22)11-3-5-12(18)6-4-11/h1,3-8,10H,9H2,(H2,20,21,23). The first kappa shape index (κ1) is 16.9. The highest BCUT2D eigenvalue weighted by Crippen LogP contribution is 2.24. The molecule has 0 radical (unpaired) electrons. The number of carbonyl (C=O) groups excluding carboxylic acids is 2. The second-order valence-electron chi connectivity index (χ2n) is 4.54. The van der Waals surface area contributed by atoms with E-state index in [-0.39, 0.29) is 17.4 Å². The van der Waals surface area contributed by atoms with Crippen LogP contribution in [0.5, 0.6) is 0 Å². The quantitative estimate of drug-likeness (QED) is 0.649. The minimum absolute atomic E-state index is 0.118. The van der Waals surface area contributed by atoms with E-state index < -0.39 is 6.03 Å². The van der Waals surface area contributed by atoms with Gasteiger partial charge in [-0.3, -0.25) is 4.79 Å². The van der Waals surface area contributed by atoms with E-state index in [1.54, 1.807) is 36.4 Å². The third kappa shape index (κ3) is 4.49. The summed E-state index contributed by atoms with van der Waals surface area (Å²) in [6, 6.07) is 10.7. The molecule has 0 aliphatic carbocycles. The second-order valence-corrected chi connectivity index (χ2v) is 5.39. The van der Waals surface area contributed by atoms with Gasteiger partial charge in [0.2, 0.25) is 0 Å². The molecular formula is C17H12Cl2N2O2. The molecule has 0 bridgehead atoms. The van der Waals surface area contributed by atoms with E-state index in [0.29, 0.717) is 21.8 Å². The Balaban J connectivity index is 2.16. The van der Waals surface area contributed by atoms with Gasteiger partial charge >= 0.3 is 6.03 Å². The fourth-order valence-electron chi connectivity index (χ4n) is 1.84. The minimum Gasteiger partial charge on any atom is -0.327 e. The predicted molar refractivity (Wildman–Crippen MR) is 92.2 cm³/mol. The molecule has 0 spiro atoms. The number of hydrogen-bond donors (Lipinski definition) is 2. The van der Waals surface area contributed by atoms with Gasteiger partial charge in [-0.2, -0.15) is 0 Å². The Labute approximate surface area is 143 Å². The van der Waals surface area contributed by atoms with Gasteiger partial charge < -0.3 is 10.6 Å². The van der Waals surface area contributed by atoms with E-state index >= 15 is 0 Å². The average molecular weight is 347 g/mol. The van der Waals surface area contributed by atoms with Gasteiger partial charge in [0, 0.05) is 21.8 Å². The summed E-state index contributed by atoms with van der Waals surface area (Å²) >= 11 is 11.9. The summed E-state index contributed by atoms with van der Waals surface area (Å²) in [5, 5.41) is 5.81. The molecule has 0 heterocycles. The van der Waals surface area contributed by atoms with Crippen LogP contribution >= 0.6 is 23.2 Å². The van der Waals surface area contributed by atoms with E-state index in [0.717, 1.165) is 0 Å². The summed E-state index contributed by atoms with van der Waals surface area (Å²) in [5.41, 5.74) is 1.27. The number of anilines is 1. The molecule has 2 aromatic carbocycles. The molecule has 0 aliphatic rings. The Morgan fingerprint density at radius 2 is 1.78 bits per heavy atom. The van der Waals surface area contributed by atoms with Crippen molar-refractivity contribution in [3.8, 4) is 12.3 Å². The molecule has 2 rings (SSSR count). The zero-order chi connectivity index (χ0) is 16.8. The number of amides is 2. The molecule has 2 N–H and O–H groups in total. The van der Waals surface area contributed by atoms with Crippen LogP contribution in [0.4, 0.5) is 10.5 Å². The molecule has 2 amide bonds. The summed E-state index contributed by atoms with van der Waals surface area (Å²) in [4.78, 5) is 23.9. The molecule has 0 fully saturated rings. The number of nitrogens with one attached hydrogen (secondary N) is 2. The Hall–Kier alpha value is -2.48. The summed E-state index contributed by atoms with van der Waals surface area (Å²) in [6.45, 7) is 0.118. The normalized spacial score (nSPS) is 9.78. The molecule has 6 heteroatoms. The van der Waals surface area contributed by atoms with Crippen molar-refractivity contribution in [3.63, 3.8) is 0 Å². The maximum atomic E-state index is 12.4. The van der Waals surface area contributed by atoms with Gasteiger partial charge in [0.1, 0.15) is 0 Å². The van der Waals surface area contributed by atoms with Crippen molar-refractivity contribution in [2.45, 2.75) is 0 Å². The second kappa shape index (κ2) is 7.68. The Morgan fingerprint density at radius 3 is 2.39 bits per heavy atom. The lowest BCUT2D eigenvalue weighted by atomic mass is 10.0. The monoisotopic (exact) mass is 346 g/mol. The van der Waals surface area contributed by atoms with Crippen molar-refractivity contribution in [2.75, 3.05) is 11.9 Å². The van der Waals surface area contributed by atoms with Crippen LogP contribution in [-0.4, -0.2) is 18.4 Å². The number of terminal acetylenes is 1. The van der Waals surface area contributed by atoms with Crippen LogP contribution in [0.2, 0.25) is 10.0 Å². The van der Waals surface area contributed by atoms with E-state index in [2.05, 4.69) is 16.6 Å². The van der Waals surface area contributed by atoms with Crippen LogP contribution in [0, 0.1) is 12.3 Å². The molecule has 23 heavy (non-hydrogen) atoms. The van der Waals surface area contributed by atoms with Crippen LogP contribution in [0.3, 0.4) is 0 Å². The molecule has 0 atom stereocenters. The maximum absolute atomic E-state index is 12.4. The lowest BCUT2D eigenvalue weighted by Gasteiger charge is -2.09. The van der Waals surface area contributed by atoms with Gasteiger partial charge in [-0.05, 0) is 42.5 Å². The minimum atomic E-state index is -0.448. The summed E-state index contributed by atoms with van der Waals surface area (Å²) in [5.74, 6) is 2.06. The van der Waals surface area contributed by atoms with Crippen LogP contribution < -0.4 is 10.6 Å². The Bertz CT molecular complexity index is 780. The summed E-state index contributed by atoms with van der Waals surface area (Å²) < 4.78 is 0. The number of rotatable bonds is 4. The van der Waals surface area contributed by atoms with Crippen molar-refractivity contribution in [1.29, 1.82) is 0 Å². The van der Waals surface area contributed by atoms with Gasteiger partial charge in [-0.1, -0.05) is 29.1 Å². The fourth-order valence-corrected chi connectivity index (χ4v) is 2.23. The zero-order valence-corrected chi connectivity index (χ0v) is 13.4. The molecule has 116 valence electrons. The lowest BCUT2D eigenvalue weighted by molar-refractivity contribution is 0.103. The maximum Gasteiger partial charge on any atom is 0.319 e. The Kier molecular flexibility index (Phi) is 5.64. The van der Waals surface area contributed by atoms with Crippen LogP contribution in [0.15, 0.2) is 42.5 Å². The van der Waals surface area contributed by atoms with Crippen molar-refractivity contribution in [1.82, 2.24) is 5.32 Å². The average Bonchev–Trinajstić information content (AvgIpc) is 2.53. The van der Waals surface area contributed by atoms with E-state index in [4.69, 9.17) is 29.6 Å². The number of halogens is 2. The van der Waals surface area contributed by atoms with Crippen molar-refractivity contribution < 1.29 is 9.59 Å². The number of carbonyl (C=O) groups is 2. The number of benzene rings is 2. The molecule has 2 aromatic rings. The highest BCUT2D eigenvalue weighted by molar-refractivity contribution is 6.35. The number of hydrogen-bond acceptors (Lipinski definition) is 2. The third-order valence-corrected chi connectivity index (χ3v) is 3.49. The third-order valence-electron chi connectivity index (χ3n) is 2.93. The van der Waals surface area contributed by atoms with Crippen LogP contribution in [0.25, 0.3) is 0 Å². The first-order valence-electron chi connectivity index (χ1n) is 6.59. The van der Waals surface area contributed by atoms with Crippen molar-refractivity contribution >= 4 is 40.7 Å². The van der Waals surface area contributed by atoms with E-state index in [9.17, 15) is 9.59 Å². The van der Waals surface area contributed by atoms with Gasteiger partial charge in [0.15, 0.2) is 5.78 Å². The molecular weight excluding hydrogens is 335 g/mol. The summed E-state index contributed by atoms with van der Waals surface area (Å²) in [7, 11) is 0. The van der Waals surface area contributed by atoms with E-state index in [1.807, 2.05) is 0 Å².